The normalized spacial score (nSPS) is 20.3. The molecule has 1 aromatic carbocycles. The molecule has 16 heteroatoms. The number of carbonyl (C=O) groups is 1. The second-order valence-corrected chi connectivity index (χ2v) is 20.6. The molecule has 1 fully saturated rings. The summed E-state index contributed by atoms with van der Waals surface area (Å²) in [6, 6.07) is 4.07. The van der Waals surface area contributed by atoms with E-state index >= 15 is 8.78 Å². The molecule has 2 heterocycles. The standard InChI is InChI=1S/C32H49F2N3O9Si2/c1-18(2)47(19(3)4)44-17-25-28(46-48(43-12,20(5)6)21(7)8)32(33,34)30(45-25)37-14-13-26(36-31(37)39)35-29(38)22-15-23(40-9)27(42-11)24(16-22)41-10/h13-16,18-19,21,25,28,30,47H,5,17H2,1-4,6-12H3,(H,35,36,38,39)/t25-,28+,30-,48?/m1/s1. The van der Waals surface area contributed by atoms with Crippen LogP contribution < -0.4 is 25.2 Å². The first-order valence-corrected chi connectivity index (χ1v) is 19.4. The summed E-state index contributed by atoms with van der Waals surface area (Å²) < 4.78 is 73.9. The molecule has 3 rings (SSSR count). The highest BCUT2D eigenvalue weighted by Gasteiger charge is 2.64. The molecule has 1 aliphatic heterocycles. The topological polar surface area (TPSA) is 129 Å². The molecule has 0 radical (unpaired) electrons. The van der Waals surface area contributed by atoms with Crippen molar-refractivity contribution in [1.82, 2.24) is 9.55 Å². The SMILES string of the molecule is C=C(C)[Si](OC)(O[C@H]1[C@@H](CO[SiH](C(C)C)C(C)C)O[C@@H](n2ccc(NC(=O)c3cc(OC)c(OC)c(OC)c3)nc2=O)C1(F)F)C(C)C. The second-order valence-electron chi connectivity index (χ2n) is 12.7. The predicted octanol–water partition coefficient (Wildman–Crippen LogP) is 5.61. The van der Waals surface area contributed by atoms with E-state index in [2.05, 4.69) is 16.9 Å². The highest BCUT2D eigenvalue weighted by Crippen LogP contribution is 2.47. The maximum atomic E-state index is 16.5. The molecule has 1 amide bonds. The number of alkyl halides is 2. The molecule has 0 spiro atoms. The van der Waals surface area contributed by atoms with Gasteiger partial charge in [-0.2, -0.15) is 13.8 Å². The van der Waals surface area contributed by atoms with E-state index < -0.39 is 53.6 Å². The minimum Gasteiger partial charge on any atom is -0.493 e. The summed E-state index contributed by atoms with van der Waals surface area (Å²) in [4.78, 5) is 30.2. The summed E-state index contributed by atoms with van der Waals surface area (Å²) in [5.74, 6) is -3.78. The van der Waals surface area contributed by atoms with Gasteiger partial charge in [0.25, 0.3) is 5.91 Å². The number of methoxy groups -OCH3 is 3. The van der Waals surface area contributed by atoms with Crippen LogP contribution in [0.1, 0.15) is 65.1 Å². The first-order valence-electron chi connectivity index (χ1n) is 15.7. The van der Waals surface area contributed by atoms with Crippen molar-refractivity contribution in [2.45, 2.75) is 89.4 Å². The van der Waals surface area contributed by atoms with Crippen LogP contribution in [0, 0.1) is 0 Å². The Bertz CT molecular complexity index is 1470. The Balaban J connectivity index is 1.97. The van der Waals surface area contributed by atoms with E-state index in [1.807, 2.05) is 41.5 Å². The van der Waals surface area contributed by atoms with Crippen molar-refractivity contribution in [3.8, 4) is 17.2 Å². The number of nitrogens with zero attached hydrogens (tertiary/aromatic N) is 2. The van der Waals surface area contributed by atoms with E-state index in [0.717, 1.165) is 6.20 Å². The van der Waals surface area contributed by atoms with Crippen LogP contribution >= 0.6 is 0 Å². The number of nitrogens with one attached hydrogen (secondary N) is 1. The van der Waals surface area contributed by atoms with Gasteiger partial charge in [0.05, 0.1) is 27.9 Å². The van der Waals surface area contributed by atoms with Crippen molar-refractivity contribution in [1.29, 1.82) is 0 Å². The lowest BCUT2D eigenvalue weighted by atomic mass is 10.1. The average molecular weight is 714 g/mol. The molecule has 2 aromatic rings. The lowest BCUT2D eigenvalue weighted by molar-refractivity contribution is -0.140. The predicted molar refractivity (Wildman–Crippen MR) is 182 cm³/mol. The van der Waals surface area contributed by atoms with Crippen molar-refractivity contribution >= 4 is 29.3 Å². The van der Waals surface area contributed by atoms with Crippen LogP contribution in [0.25, 0.3) is 0 Å². The zero-order valence-corrected chi connectivity index (χ0v) is 31.7. The van der Waals surface area contributed by atoms with Crippen molar-refractivity contribution in [2.24, 2.45) is 0 Å². The molecule has 1 saturated heterocycles. The number of aromatic nitrogens is 2. The molecule has 1 aliphatic rings. The van der Waals surface area contributed by atoms with Crippen LogP contribution in [0.2, 0.25) is 16.6 Å². The van der Waals surface area contributed by atoms with Crippen LogP contribution in [0.4, 0.5) is 14.6 Å². The molecule has 1 unspecified atom stereocenters. The number of amides is 1. The molecule has 48 heavy (non-hydrogen) atoms. The van der Waals surface area contributed by atoms with Crippen LogP contribution in [-0.2, 0) is 18.0 Å². The van der Waals surface area contributed by atoms with Crippen molar-refractivity contribution in [2.75, 3.05) is 40.4 Å². The first kappa shape index (κ1) is 39.3. The molecule has 1 N–H and O–H groups in total. The number of halogens is 2. The summed E-state index contributed by atoms with van der Waals surface area (Å²) in [6.07, 6.45) is -4.02. The third-order valence-electron chi connectivity index (χ3n) is 8.33. The Hall–Kier alpha value is -3.16. The van der Waals surface area contributed by atoms with Gasteiger partial charge in [-0.25, -0.2) is 4.79 Å². The Labute approximate surface area is 283 Å². The van der Waals surface area contributed by atoms with E-state index in [4.69, 9.17) is 32.2 Å². The molecule has 4 atom stereocenters. The monoisotopic (exact) mass is 713 g/mol. The Kier molecular flexibility index (Phi) is 13.1. The Morgan fingerprint density at radius 1 is 1.08 bits per heavy atom. The summed E-state index contributed by atoms with van der Waals surface area (Å²) in [6.45, 7) is 17.4. The maximum absolute atomic E-state index is 16.5. The van der Waals surface area contributed by atoms with Gasteiger partial charge in [0.1, 0.15) is 18.0 Å². The summed E-state index contributed by atoms with van der Waals surface area (Å²) in [5.41, 5.74) is -0.728. The number of ether oxygens (including phenoxy) is 4. The zero-order valence-electron chi connectivity index (χ0n) is 29.6. The number of benzene rings is 1. The number of hydrogen-bond donors (Lipinski definition) is 1. The van der Waals surface area contributed by atoms with Crippen molar-refractivity contribution in [3.63, 3.8) is 0 Å². The fourth-order valence-corrected chi connectivity index (χ4v) is 11.8. The quantitative estimate of drug-likeness (QED) is 0.219. The fraction of sp³-hybridized carbons (Fsp3) is 0.594. The lowest BCUT2D eigenvalue weighted by Crippen LogP contribution is -2.55. The van der Waals surface area contributed by atoms with Crippen molar-refractivity contribution in [3.05, 3.63) is 52.2 Å². The molecule has 0 aliphatic carbocycles. The van der Waals surface area contributed by atoms with E-state index in [1.165, 1.54) is 46.6 Å². The highest BCUT2D eigenvalue weighted by atomic mass is 28.4. The lowest BCUT2D eigenvalue weighted by Gasteiger charge is -2.38. The van der Waals surface area contributed by atoms with E-state index in [-0.39, 0.29) is 51.9 Å². The number of anilines is 1. The van der Waals surface area contributed by atoms with E-state index in [0.29, 0.717) is 9.76 Å². The molecule has 12 nitrogen and oxygen atoms in total. The molecular weight excluding hydrogens is 665 g/mol. The highest BCUT2D eigenvalue weighted by molar-refractivity contribution is 6.76. The third-order valence-corrected chi connectivity index (χ3v) is 15.5. The van der Waals surface area contributed by atoms with Gasteiger partial charge in [-0.3, -0.25) is 9.36 Å². The fourth-order valence-electron chi connectivity index (χ4n) is 6.05. The van der Waals surface area contributed by atoms with Crippen LogP contribution in [0.15, 0.2) is 41.0 Å². The number of allylic oxidation sites excluding steroid dienone is 1. The van der Waals surface area contributed by atoms with E-state index in [9.17, 15) is 9.59 Å². The van der Waals surface area contributed by atoms with Gasteiger partial charge in [0, 0.05) is 24.4 Å². The van der Waals surface area contributed by atoms with Crippen molar-refractivity contribution < 1.29 is 45.8 Å². The van der Waals surface area contributed by atoms with E-state index in [1.54, 1.807) is 6.92 Å². The molecule has 0 saturated carbocycles. The number of rotatable bonds is 16. The van der Waals surface area contributed by atoms with Gasteiger partial charge >= 0.3 is 20.2 Å². The van der Waals surface area contributed by atoms with Gasteiger partial charge in [0.15, 0.2) is 20.5 Å². The van der Waals surface area contributed by atoms with Gasteiger partial charge in [0.2, 0.25) is 12.0 Å². The zero-order chi connectivity index (χ0) is 36.1. The number of hydrogen-bond acceptors (Lipinski definition) is 10. The number of carbonyl (C=O) groups excluding carboxylic acids is 1. The maximum Gasteiger partial charge on any atom is 0.370 e. The largest absolute Gasteiger partial charge is 0.493 e. The van der Waals surface area contributed by atoms with Crippen LogP contribution in [-0.4, -0.2) is 86.2 Å². The van der Waals surface area contributed by atoms with Crippen LogP contribution in [0.5, 0.6) is 17.2 Å². The minimum absolute atomic E-state index is 0.113. The smallest absolute Gasteiger partial charge is 0.370 e. The first-order chi connectivity index (χ1) is 22.5. The third kappa shape index (κ3) is 8.00. The molecule has 268 valence electrons. The van der Waals surface area contributed by atoms with Gasteiger partial charge in [-0.15, -0.1) is 0 Å². The Morgan fingerprint density at radius 2 is 1.67 bits per heavy atom. The average Bonchev–Trinajstić information content (AvgIpc) is 3.26. The minimum atomic E-state index is -3.71. The van der Waals surface area contributed by atoms with Crippen LogP contribution in [0.3, 0.4) is 0 Å². The Morgan fingerprint density at radius 3 is 2.10 bits per heavy atom. The van der Waals surface area contributed by atoms with Gasteiger partial charge in [-0.05, 0) is 41.4 Å². The summed E-state index contributed by atoms with van der Waals surface area (Å²) in [7, 11) is 0.410. The summed E-state index contributed by atoms with van der Waals surface area (Å²) >= 11 is 0. The molecular formula is C32H49F2N3O9Si2. The summed E-state index contributed by atoms with van der Waals surface area (Å²) in [5, 5.41) is 3.04. The second kappa shape index (κ2) is 16.0. The van der Waals surface area contributed by atoms with Gasteiger partial charge < -0.3 is 37.5 Å². The molecule has 0 bridgehead atoms. The molecule has 1 aromatic heterocycles. The van der Waals surface area contributed by atoms with Gasteiger partial charge in [-0.1, -0.05) is 48.1 Å².